The quantitative estimate of drug-likeness (QED) is 0.803. The predicted molar refractivity (Wildman–Crippen MR) is 91.2 cm³/mol. The van der Waals surface area contributed by atoms with Crippen LogP contribution >= 0.6 is 24.0 Å². The molecule has 2 N–H and O–H groups in total. The number of hydrogen-bond acceptors (Lipinski definition) is 3. The van der Waals surface area contributed by atoms with Gasteiger partial charge in [-0.05, 0) is 49.8 Å². The molecule has 2 unspecified atom stereocenters. The molecule has 2 fully saturated rings. The van der Waals surface area contributed by atoms with Crippen LogP contribution < -0.4 is 15.4 Å². The summed E-state index contributed by atoms with van der Waals surface area (Å²) < 4.78 is 28.6. The number of rotatable bonds is 5. The summed E-state index contributed by atoms with van der Waals surface area (Å²) >= 11 is 5.88. The van der Waals surface area contributed by atoms with Gasteiger partial charge < -0.3 is 15.4 Å². The first-order valence-electron chi connectivity index (χ1n) is 7.80. The SMILES string of the molecule is Cl.O=C(CC1CC2CCC(C1)N2)Nc1ccc(OC(F)F)c(Cl)c1. The van der Waals surface area contributed by atoms with Gasteiger partial charge in [-0.25, -0.2) is 0 Å². The number of amides is 1. The molecule has 24 heavy (non-hydrogen) atoms. The molecular weight excluding hydrogens is 361 g/mol. The van der Waals surface area contributed by atoms with E-state index in [1.807, 2.05) is 0 Å². The van der Waals surface area contributed by atoms with E-state index in [9.17, 15) is 13.6 Å². The molecule has 1 aromatic carbocycles. The lowest BCUT2D eigenvalue weighted by atomic mass is 9.89. The van der Waals surface area contributed by atoms with Crippen molar-refractivity contribution in [2.45, 2.75) is 50.8 Å². The van der Waals surface area contributed by atoms with Gasteiger partial charge in [0, 0.05) is 24.2 Å². The Morgan fingerprint density at radius 2 is 2.00 bits per heavy atom. The van der Waals surface area contributed by atoms with Crippen molar-refractivity contribution in [3.8, 4) is 5.75 Å². The van der Waals surface area contributed by atoms with Gasteiger partial charge in [-0.15, -0.1) is 12.4 Å². The van der Waals surface area contributed by atoms with E-state index in [0.29, 0.717) is 30.1 Å². The topological polar surface area (TPSA) is 50.4 Å². The highest BCUT2D eigenvalue weighted by atomic mass is 35.5. The molecule has 134 valence electrons. The lowest BCUT2D eigenvalue weighted by Gasteiger charge is -2.28. The summed E-state index contributed by atoms with van der Waals surface area (Å²) in [6.45, 7) is -2.93. The lowest BCUT2D eigenvalue weighted by molar-refractivity contribution is -0.117. The average Bonchev–Trinajstić information content (AvgIpc) is 2.80. The van der Waals surface area contributed by atoms with Crippen molar-refractivity contribution in [2.24, 2.45) is 5.92 Å². The zero-order chi connectivity index (χ0) is 16.4. The summed E-state index contributed by atoms with van der Waals surface area (Å²) in [5, 5.41) is 6.37. The molecule has 1 aromatic rings. The molecule has 0 saturated carbocycles. The number of anilines is 1. The van der Waals surface area contributed by atoms with Crippen molar-refractivity contribution in [1.82, 2.24) is 5.32 Å². The number of benzene rings is 1. The van der Waals surface area contributed by atoms with Crippen LogP contribution in [-0.4, -0.2) is 24.6 Å². The van der Waals surface area contributed by atoms with E-state index < -0.39 is 6.61 Å². The molecular formula is C16H20Cl2F2N2O2. The van der Waals surface area contributed by atoms with Crippen molar-refractivity contribution < 1.29 is 18.3 Å². The maximum absolute atomic E-state index is 12.2. The first-order valence-corrected chi connectivity index (χ1v) is 8.17. The maximum atomic E-state index is 12.2. The fraction of sp³-hybridized carbons (Fsp3) is 0.562. The third-order valence-electron chi connectivity index (χ3n) is 4.48. The van der Waals surface area contributed by atoms with Gasteiger partial charge in [-0.2, -0.15) is 8.78 Å². The van der Waals surface area contributed by atoms with E-state index in [1.54, 1.807) is 0 Å². The number of ether oxygens (including phenoxy) is 1. The Hall–Kier alpha value is -1.11. The second-order valence-electron chi connectivity index (χ2n) is 6.25. The Bertz CT molecular complexity index is 577. The minimum Gasteiger partial charge on any atom is -0.433 e. The number of carbonyl (C=O) groups is 1. The second kappa shape index (κ2) is 8.32. The monoisotopic (exact) mass is 380 g/mol. The van der Waals surface area contributed by atoms with Crippen LogP contribution in [0.1, 0.15) is 32.1 Å². The summed E-state index contributed by atoms with van der Waals surface area (Å²) in [6.07, 6.45) is 4.94. The number of carbonyl (C=O) groups excluding carboxylic acids is 1. The molecule has 2 aliphatic rings. The van der Waals surface area contributed by atoms with E-state index in [-0.39, 0.29) is 29.1 Å². The zero-order valence-electron chi connectivity index (χ0n) is 12.9. The lowest BCUT2D eigenvalue weighted by Crippen LogP contribution is -2.39. The standard InChI is InChI=1S/C16H19ClF2N2O2.ClH/c17-13-8-12(3-4-14(13)23-16(18)19)21-15(22)7-9-5-10-1-2-11(6-9)20-10;/h3-4,8-11,16,20H,1-2,5-7H2,(H,21,22);1H. The molecule has 2 bridgehead atoms. The van der Waals surface area contributed by atoms with Crippen LogP contribution in [0.4, 0.5) is 14.5 Å². The maximum Gasteiger partial charge on any atom is 0.387 e. The highest BCUT2D eigenvalue weighted by Gasteiger charge is 2.34. The zero-order valence-corrected chi connectivity index (χ0v) is 14.5. The van der Waals surface area contributed by atoms with E-state index >= 15 is 0 Å². The minimum atomic E-state index is -2.93. The van der Waals surface area contributed by atoms with Crippen LogP contribution in [0.3, 0.4) is 0 Å². The van der Waals surface area contributed by atoms with Crippen LogP contribution in [0.25, 0.3) is 0 Å². The Morgan fingerprint density at radius 1 is 1.33 bits per heavy atom. The predicted octanol–water partition coefficient (Wildman–Crippen LogP) is 4.22. The van der Waals surface area contributed by atoms with Gasteiger partial charge in [-0.3, -0.25) is 4.79 Å². The summed E-state index contributed by atoms with van der Waals surface area (Å²) in [4.78, 5) is 12.2. The number of fused-ring (bicyclic) bond motifs is 2. The van der Waals surface area contributed by atoms with Crippen molar-refractivity contribution in [2.75, 3.05) is 5.32 Å². The number of alkyl halides is 2. The van der Waals surface area contributed by atoms with E-state index in [2.05, 4.69) is 15.4 Å². The third-order valence-corrected chi connectivity index (χ3v) is 4.77. The molecule has 0 aromatic heterocycles. The average molecular weight is 381 g/mol. The number of hydrogen-bond donors (Lipinski definition) is 2. The largest absolute Gasteiger partial charge is 0.433 e. The third kappa shape index (κ3) is 4.94. The first-order chi connectivity index (χ1) is 11.0. The molecule has 1 amide bonds. The summed E-state index contributed by atoms with van der Waals surface area (Å²) in [6, 6.07) is 5.35. The summed E-state index contributed by atoms with van der Waals surface area (Å²) in [5.74, 6) is 0.218. The van der Waals surface area contributed by atoms with Crippen molar-refractivity contribution in [3.63, 3.8) is 0 Å². The normalized spacial score (nSPS) is 25.2. The van der Waals surface area contributed by atoms with Gasteiger partial charge in [0.1, 0.15) is 5.75 Å². The van der Waals surface area contributed by atoms with E-state index in [1.165, 1.54) is 31.0 Å². The summed E-state index contributed by atoms with van der Waals surface area (Å²) in [5.41, 5.74) is 0.485. The Balaban J connectivity index is 0.00000208. The van der Waals surface area contributed by atoms with Gasteiger partial charge in [0.25, 0.3) is 0 Å². The van der Waals surface area contributed by atoms with Crippen LogP contribution in [0.5, 0.6) is 5.75 Å². The first kappa shape index (κ1) is 19.2. The Labute approximate surface area is 150 Å². The van der Waals surface area contributed by atoms with Gasteiger partial charge in [0.15, 0.2) is 0 Å². The number of piperidine rings is 1. The molecule has 2 aliphatic heterocycles. The minimum absolute atomic E-state index is 0. The van der Waals surface area contributed by atoms with Crippen molar-refractivity contribution in [3.05, 3.63) is 23.2 Å². The second-order valence-corrected chi connectivity index (χ2v) is 6.66. The summed E-state index contributed by atoms with van der Waals surface area (Å²) in [7, 11) is 0. The highest BCUT2D eigenvalue weighted by molar-refractivity contribution is 6.32. The van der Waals surface area contributed by atoms with Gasteiger partial charge in [0.05, 0.1) is 5.02 Å². The molecule has 2 saturated heterocycles. The van der Waals surface area contributed by atoms with Crippen LogP contribution in [0, 0.1) is 5.92 Å². The van der Waals surface area contributed by atoms with Crippen LogP contribution in [0.15, 0.2) is 18.2 Å². The van der Waals surface area contributed by atoms with Crippen molar-refractivity contribution in [1.29, 1.82) is 0 Å². The number of nitrogens with one attached hydrogen (secondary N) is 2. The molecule has 2 atom stereocenters. The Morgan fingerprint density at radius 3 is 2.58 bits per heavy atom. The molecule has 3 rings (SSSR count). The Kier molecular flexibility index (Phi) is 6.66. The highest BCUT2D eigenvalue weighted by Crippen LogP contribution is 2.33. The molecule has 4 nitrogen and oxygen atoms in total. The fourth-order valence-corrected chi connectivity index (χ4v) is 3.81. The molecule has 2 heterocycles. The molecule has 0 radical (unpaired) electrons. The smallest absolute Gasteiger partial charge is 0.387 e. The van der Waals surface area contributed by atoms with Crippen molar-refractivity contribution >= 4 is 35.6 Å². The van der Waals surface area contributed by atoms with E-state index in [4.69, 9.17) is 11.6 Å². The molecule has 0 spiro atoms. The van der Waals surface area contributed by atoms with Gasteiger partial charge in [0.2, 0.25) is 5.91 Å². The van der Waals surface area contributed by atoms with Gasteiger partial charge >= 0.3 is 6.61 Å². The van der Waals surface area contributed by atoms with Crippen LogP contribution in [0.2, 0.25) is 5.02 Å². The van der Waals surface area contributed by atoms with Gasteiger partial charge in [-0.1, -0.05) is 11.6 Å². The van der Waals surface area contributed by atoms with Crippen LogP contribution in [-0.2, 0) is 4.79 Å². The number of halogens is 4. The molecule has 0 aliphatic carbocycles. The van der Waals surface area contributed by atoms with E-state index in [0.717, 1.165) is 12.8 Å². The molecule has 8 heteroatoms. The fourth-order valence-electron chi connectivity index (χ4n) is 3.59.